The summed E-state index contributed by atoms with van der Waals surface area (Å²) in [5, 5.41) is 0. The molecule has 1 saturated heterocycles. The second-order valence-electron chi connectivity index (χ2n) is 9.93. The number of aromatic nitrogens is 1. The van der Waals surface area contributed by atoms with Crippen LogP contribution < -0.4 is 4.90 Å². The fourth-order valence-electron chi connectivity index (χ4n) is 6.65. The van der Waals surface area contributed by atoms with E-state index in [9.17, 15) is 18.8 Å². The number of hydrogen-bond acceptors (Lipinski definition) is 5. The Morgan fingerprint density at radius 1 is 0.868 bits per heavy atom. The van der Waals surface area contributed by atoms with E-state index >= 15 is 0 Å². The average Bonchev–Trinajstić information content (AvgIpc) is 3.39. The quantitative estimate of drug-likeness (QED) is 0.273. The Morgan fingerprint density at radius 3 is 2.26 bits per heavy atom. The first kappa shape index (κ1) is 22.5. The lowest BCUT2D eigenvalue weighted by Gasteiger charge is -2.37. The van der Waals surface area contributed by atoms with Crippen molar-refractivity contribution in [2.45, 2.75) is 18.0 Å². The second-order valence-corrected chi connectivity index (χ2v) is 9.93. The summed E-state index contributed by atoms with van der Waals surface area (Å²) in [6.07, 6.45) is 6.79. The van der Waals surface area contributed by atoms with Crippen LogP contribution in [0.2, 0.25) is 0 Å². The van der Waals surface area contributed by atoms with Crippen molar-refractivity contribution >= 4 is 29.1 Å². The van der Waals surface area contributed by atoms with E-state index < -0.39 is 29.2 Å². The number of ketones is 3. The van der Waals surface area contributed by atoms with Crippen LogP contribution in [-0.4, -0.2) is 34.4 Å². The molecule has 3 atom stereocenters. The third kappa shape index (κ3) is 2.85. The van der Waals surface area contributed by atoms with Crippen LogP contribution in [0.15, 0.2) is 103 Å². The maximum atomic E-state index is 14.5. The van der Waals surface area contributed by atoms with Crippen molar-refractivity contribution in [2.75, 3.05) is 4.90 Å². The molecule has 1 aromatic heterocycles. The number of rotatable bonds is 3. The Bertz CT molecular complexity index is 1630. The molecule has 0 amide bonds. The first-order chi connectivity index (χ1) is 18.5. The zero-order valence-corrected chi connectivity index (χ0v) is 20.1. The predicted octanol–water partition coefficient (Wildman–Crippen LogP) is 5.54. The number of anilines is 1. The molecule has 3 aromatic carbocycles. The molecule has 38 heavy (non-hydrogen) atoms. The first-order valence-electron chi connectivity index (χ1n) is 12.5. The zero-order valence-electron chi connectivity index (χ0n) is 20.1. The molecule has 7 rings (SSSR count). The maximum absolute atomic E-state index is 14.5. The summed E-state index contributed by atoms with van der Waals surface area (Å²) in [4.78, 5) is 49.5. The van der Waals surface area contributed by atoms with E-state index in [4.69, 9.17) is 0 Å². The average molecular weight is 501 g/mol. The van der Waals surface area contributed by atoms with E-state index in [2.05, 4.69) is 4.98 Å². The minimum Gasteiger partial charge on any atom is -0.352 e. The van der Waals surface area contributed by atoms with Crippen molar-refractivity contribution < 1.29 is 18.8 Å². The monoisotopic (exact) mass is 500 g/mol. The Labute approximate surface area is 218 Å². The van der Waals surface area contributed by atoms with Crippen molar-refractivity contribution in [3.8, 4) is 0 Å². The van der Waals surface area contributed by atoms with Crippen molar-refractivity contribution in [2.24, 2.45) is 5.41 Å². The van der Waals surface area contributed by atoms with Crippen molar-refractivity contribution in [3.05, 3.63) is 137 Å². The van der Waals surface area contributed by atoms with E-state index in [1.165, 1.54) is 12.1 Å². The van der Waals surface area contributed by atoms with E-state index in [1.807, 2.05) is 17.0 Å². The Hall–Kier alpha value is -4.71. The number of hydrogen-bond donors (Lipinski definition) is 0. The third-order valence-corrected chi connectivity index (χ3v) is 8.14. The summed E-state index contributed by atoms with van der Waals surface area (Å²) in [7, 11) is 0. The van der Waals surface area contributed by atoms with Crippen molar-refractivity contribution in [1.82, 2.24) is 4.98 Å². The summed E-state index contributed by atoms with van der Waals surface area (Å²) in [5.41, 5.74) is 1.41. The largest absolute Gasteiger partial charge is 0.352 e. The smallest absolute Gasteiger partial charge is 0.185 e. The third-order valence-electron chi connectivity index (χ3n) is 8.14. The molecule has 3 aliphatic rings. The zero-order chi connectivity index (χ0) is 26.0. The molecule has 0 unspecified atom stereocenters. The highest BCUT2D eigenvalue weighted by Crippen LogP contribution is 2.60. The molecule has 0 bridgehead atoms. The van der Waals surface area contributed by atoms with Gasteiger partial charge in [0.05, 0.1) is 6.04 Å². The molecule has 0 saturated carbocycles. The summed E-state index contributed by atoms with van der Waals surface area (Å²) in [6.45, 7) is 0. The molecule has 0 N–H and O–H groups in total. The normalized spacial score (nSPS) is 22.3. The molecule has 0 radical (unpaired) electrons. The van der Waals surface area contributed by atoms with Crippen LogP contribution in [0, 0.1) is 11.2 Å². The maximum Gasteiger partial charge on any atom is 0.185 e. The van der Waals surface area contributed by atoms with Gasteiger partial charge in [-0.15, -0.1) is 0 Å². The van der Waals surface area contributed by atoms with E-state index in [-0.39, 0.29) is 17.3 Å². The highest BCUT2D eigenvalue weighted by molar-refractivity contribution is 6.32. The second kappa shape index (κ2) is 8.15. The molecule has 6 heteroatoms. The number of nitrogens with zero attached hydrogens (tertiary/aromatic N) is 2. The van der Waals surface area contributed by atoms with Crippen LogP contribution in [0.25, 0.3) is 6.08 Å². The highest BCUT2D eigenvalue weighted by Gasteiger charge is 2.71. The lowest BCUT2D eigenvalue weighted by Crippen LogP contribution is -2.48. The van der Waals surface area contributed by atoms with Crippen LogP contribution in [0.4, 0.5) is 10.1 Å². The molecule has 2 aliphatic heterocycles. The van der Waals surface area contributed by atoms with Gasteiger partial charge in [0, 0.05) is 46.3 Å². The molecule has 3 heterocycles. The molecule has 4 aromatic rings. The van der Waals surface area contributed by atoms with E-state index in [1.54, 1.807) is 85.2 Å². The lowest BCUT2D eigenvalue weighted by atomic mass is 9.64. The van der Waals surface area contributed by atoms with Crippen molar-refractivity contribution in [1.29, 1.82) is 0 Å². The van der Waals surface area contributed by atoms with Gasteiger partial charge in [0.15, 0.2) is 17.3 Å². The Morgan fingerprint density at radius 2 is 1.58 bits per heavy atom. The number of halogens is 1. The van der Waals surface area contributed by atoms with E-state index in [0.29, 0.717) is 33.5 Å². The fourth-order valence-corrected chi connectivity index (χ4v) is 6.65. The van der Waals surface area contributed by atoms with Gasteiger partial charge < -0.3 is 4.90 Å². The molecular weight excluding hydrogens is 479 g/mol. The molecule has 1 spiro atoms. The van der Waals surface area contributed by atoms with Gasteiger partial charge >= 0.3 is 0 Å². The molecule has 1 fully saturated rings. The summed E-state index contributed by atoms with van der Waals surface area (Å²) in [5.74, 6) is -2.07. The summed E-state index contributed by atoms with van der Waals surface area (Å²) in [6, 6.07) is 22.0. The van der Waals surface area contributed by atoms with Crippen LogP contribution in [0.1, 0.15) is 48.1 Å². The summed E-state index contributed by atoms with van der Waals surface area (Å²) >= 11 is 0. The minimum absolute atomic E-state index is 0.219. The number of benzene rings is 3. The van der Waals surface area contributed by atoms with Crippen LogP contribution in [0.5, 0.6) is 0 Å². The number of fused-ring (bicyclic) bond motifs is 5. The van der Waals surface area contributed by atoms with Gasteiger partial charge in [-0.2, -0.15) is 0 Å². The first-order valence-corrected chi connectivity index (χ1v) is 12.5. The topological polar surface area (TPSA) is 67.3 Å². The SMILES string of the molecule is O=C(c1ccccc1)[C@@H]1[C@H](c2cccnc2)C2(C(=O)c3ccccc3C2=O)[C@@H]2C=Cc3cc(F)ccc3N12. The fraction of sp³-hybridized carbons (Fsp3) is 0.125. The van der Waals surface area contributed by atoms with Gasteiger partial charge in [-0.25, -0.2) is 4.39 Å². The molecular formula is C32H21FN2O3. The van der Waals surface area contributed by atoms with Gasteiger partial charge in [-0.3, -0.25) is 19.4 Å². The number of pyridine rings is 1. The summed E-state index contributed by atoms with van der Waals surface area (Å²) < 4.78 is 14.3. The van der Waals surface area contributed by atoms with E-state index in [0.717, 1.165) is 0 Å². The van der Waals surface area contributed by atoms with Crippen LogP contribution in [0.3, 0.4) is 0 Å². The Balaban J connectivity index is 1.55. The standard InChI is InChI=1S/C32H21FN2O3/c33-22-13-14-25-20(17-22)12-15-26-32(30(37)23-10-4-5-11-24(23)31(32)38)27(21-9-6-16-34-18-21)28(35(25)26)29(36)19-7-2-1-3-8-19/h1-18,26-28H/t26-,27-,28-/m0/s1. The number of carbonyl (C=O) groups excluding carboxylic acids is 3. The van der Waals surface area contributed by atoms with Gasteiger partial charge in [-0.05, 0) is 29.8 Å². The number of Topliss-reactive ketones (excluding diaryl/α,β-unsaturated/α-hetero) is 3. The van der Waals surface area contributed by atoms with Gasteiger partial charge in [0.25, 0.3) is 0 Å². The van der Waals surface area contributed by atoms with Gasteiger partial charge in [-0.1, -0.05) is 72.8 Å². The highest BCUT2D eigenvalue weighted by atomic mass is 19.1. The van der Waals surface area contributed by atoms with Gasteiger partial charge in [0.2, 0.25) is 0 Å². The molecule has 5 nitrogen and oxygen atoms in total. The van der Waals surface area contributed by atoms with Crippen LogP contribution in [-0.2, 0) is 0 Å². The van der Waals surface area contributed by atoms with Crippen molar-refractivity contribution in [3.63, 3.8) is 0 Å². The number of carbonyl (C=O) groups is 3. The van der Waals surface area contributed by atoms with Crippen LogP contribution >= 0.6 is 0 Å². The Kier molecular flexibility index (Phi) is 4.82. The minimum atomic E-state index is -1.59. The lowest BCUT2D eigenvalue weighted by molar-refractivity contribution is 0.0666. The molecule has 1 aliphatic carbocycles. The van der Waals surface area contributed by atoms with Gasteiger partial charge in [0.1, 0.15) is 17.3 Å². The predicted molar refractivity (Wildman–Crippen MR) is 141 cm³/mol. The molecule has 184 valence electrons.